The quantitative estimate of drug-likeness (QED) is 0.545. The minimum Gasteiger partial charge on any atom is -0.271 e. The molecule has 1 aromatic heterocycles. The molecule has 6 heteroatoms. The molecule has 0 bridgehead atoms. The highest BCUT2D eigenvalue weighted by atomic mass is 32.2. The summed E-state index contributed by atoms with van der Waals surface area (Å²) in [5.41, 5.74) is 2.85. The van der Waals surface area contributed by atoms with Gasteiger partial charge in [0.1, 0.15) is 12.2 Å². The third-order valence-electron chi connectivity index (χ3n) is 2.63. The second kappa shape index (κ2) is 6.88. The lowest BCUT2D eigenvalue weighted by atomic mass is 10.2. The van der Waals surface area contributed by atoms with Gasteiger partial charge in [-0.25, -0.2) is 4.98 Å². The molecule has 0 amide bonds. The van der Waals surface area contributed by atoms with Crippen LogP contribution in [0.25, 0.3) is 0 Å². The van der Waals surface area contributed by atoms with Gasteiger partial charge in [0.15, 0.2) is 0 Å². The smallest absolute Gasteiger partial charge is 0.138 e. The van der Waals surface area contributed by atoms with Crippen LogP contribution in [0, 0.1) is 0 Å². The van der Waals surface area contributed by atoms with Gasteiger partial charge in [0.2, 0.25) is 0 Å². The summed E-state index contributed by atoms with van der Waals surface area (Å²) in [5.74, 6) is 7.51. The number of nitrogens with one attached hydrogen (secondary N) is 1. The van der Waals surface area contributed by atoms with Crippen LogP contribution in [0.4, 0.5) is 0 Å². The Morgan fingerprint density at radius 3 is 2.88 bits per heavy atom. The first kappa shape index (κ1) is 13.5. The molecule has 0 aliphatic heterocycles. The van der Waals surface area contributed by atoms with Crippen LogP contribution in [0.5, 0.6) is 0 Å². The summed E-state index contributed by atoms with van der Waals surface area (Å²) in [4.78, 5) is 4.20. The number of hydrogen-bond donors (Lipinski definition) is 2. The van der Waals surface area contributed by atoms with E-state index in [1.54, 1.807) is 11.0 Å². The second-order valence-corrected chi connectivity index (χ2v) is 5.39. The van der Waals surface area contributed by atoms with Crippen LogP contribution in [0.2, 0.25) is 0 Å². The molecular weight excluding hydrogens is 222 g/mol. The first-order chi connectivity index (χ1) is 7.67. The van der Waals surface area contributed by atoms with Gasteiger partial charge < -0.3 is 0 Å². The van der Waals surface area contributed by atoms with Gasteiger partial charge in [0.25, 0.3) is 0 Å². The van der Waals surface area contributed by atoms with Crippen molar-refractivity contribution in [2.24, 2.45) is 12.9 Å². The van der Waals surface area contributed by atoms with Crippen molar-refractivity contribution in [3.63, 3.8) is 0 Å². The number of hydrogen-bond acceptors (Lipinski definition) is 5. The monoisotopic (exact) mass is 243 g/mol. The predicted molar refractivity (Wildman–Crippen MR) is 68.0 cm³/mol. The fraction of sp³-hybridized carbons (Fsp3) is 0.800. The summed E-state index contributed by atoms with van der Waals surface area (Å²) < 4.78 is 1.79. The molecule has 0 radical (unpaired) electrons. The van der Waals surface area contributed by atoms with Gasteiger partial charge in [-0.3, -0.25) is 16.0 Å². The summed E-state index contributed by atoms with van der Waals surface area (Å²) in [6.07, 6.45) is 3.58. The predicted octanol–water partition coefficient (Wildman–Crippen LogP) is 0.721. The van der Waals surface area contributed by atoms with E-state index in [0.29, 0.717) is 5.25 Å². The van der Waals surface area contributed by atoms with Crippen LogP contribution in [0.3, 0.4) is 0 Å². The van der Waals surface area contributed by atoms with E-state index >= 15 is 0 Å². The fourth-order valence-electron chi connectivity index (χ4n) is 1.29. The molecule has 16 heavy (non-hydrogen) atoms. The van der Waals surface area contributed by atoms with Crippen LogP contribution < -0.4 is 11.3 Å². The molecule has 0 saturated carbocycles. The maximum Gasteiger partial charge on any atom is 0.138 e. The van der Waals surface area contributed by atoms with E-state index in [9.17, 15) is 0 Å². The molecular formula is C10H21N5S. The van der Waals surface area contributed by atoms with Crippen molar-refractivity contribution in [2.45, 2.75) is 38.0 Å². The average molecular weight is 243 g/mol. The summed E-state index contributed by atoms with van der Waals surface area (Å²) in [6, 6.07) is 0.252. The third-order valence-corrected chi connectivity index (χ3v) is 4.12. The van der Waals surface area contributed by atoms with Crippen molar-refractivity contribution in [1.82, 2.24) is 20.2 Å². The molecule has 0 aliphatic rings. The Balaban J connectivity index is 2.40. The second-order valence-electron chi connectivity index (χ2n) is 3.92. The largest absolute Gasteiger partial charge is 0.271 e. The number of aromatic nitrogens is 3. The normalized spacial score (nSPS) is 15.0. The van der Waals surface area contributed by atoms with Gasteiger partial charge in [-0.05, 0) is 6.42 Å². The van der Waals surface area contributed by atoms with Gasteiger partial charge >= 0.3 is 0 Å². The number of nitrogens with two attached hydrogens (primary N) is 1. The zero-order chi connectivity index (χ0) is 12.0. The highest BCUT2D eigenvalue weighted by molar-refractivity contribution is 7.99. The average Bonchev–Trinajstić information content (AvgIpc) is 2.69. The van der Waals surface area contributed by atoms with E-state index in [0.717, 1.165) is 18.0 Å². The number of hydrazine groups is 1. The molecule has 5 nitrogen and oxygen atoms in total. The number of aryl methyl sites for hydroxylation is 1. The zero-order valence-corrected chi connectivity index (χ0v) is 11.0. The van der Waals surface area contributed by atoms with Gasteiger partial charge in [0.05, 0.1) is 0 Å². The summed E-state index contributed by atoms with van der Waals surface area (Å²) in [5, 5.41) is 4.72. The molecule has 2 unspecified atom stereocenters. The number of rotatable bonds is 7. The van der Waals surface area contributed by atoms with Crippen molar-refractivity contribution < 1.29 is 0 Å². The molecule has 0 aliphatic carbocycles. The highest BCUT2D eigenvalue weighted by Gasteiger charge is 2.12. The van der Waals surface area contributed by atoms with Crippen LogP contribution in [0.15, 0.2) is 6.33 Å². The zero-order valence-electron chi connectivity index (χ0n) is 10.2. The molecule has 0 fully saturated rings. The van der Waals surface area contributed by atoms with Crippen molar-refractivity contribution in [2.75, 3.05) is 5.75 Å². The van der Waals surface area contributed by atoms with Crippen LogP contribution >= 0.6 is 11.8 Å². The Morgan fingerprint density at radius 1 is 1.62 bits per heavy atom. The third kappa shape index (κ3) is 4.11. The summed E-state index contributed by atoms with van der Waals surface area (Å²) in [6.45, 7) is 4.44. The maximum absolute atomic E-state index is 5.55. The molecule has 0 saturated heterocycles. The van der Waals surface area contributed by atoms with Crippen molar-refractivity contribution in [1.29, 1.82) is 0 Å². The molecule has 1 aromatic rings. The molecule has 0 aromatic carbocycles. The Kier molecular flexibility index (Phi) is 5.79. The maximum atomic E-state index is 5.55. The van der Waals surface area contributed by atoms with Crippen LogP contribution in [-0.4, -0.2) is 31.8 Å². The molecule has 92 valence electrons. The first-order valence-electron chi connectivity index (χ1n) is 5.58. The molecule has 1 rings (SSSR count). The van der Waals surface area contributed by atoms with E-state index in [1.165, 1.54) is 6.42 Å². The number of thioether (sulfide) groups is 1. The standard InChI is InChI=1S/C10H21N5S/c1-4-8(2)16-6-9(14-11)5-10-12-7-13-15(10)3/h7-9,14H,4-6,11H2,1-3H3. The van der Waals surface area contributed by atoms with E-state index in [4.69, 9.17) is 5.84 Å². The van der Waals surface area contributed by atoms with Gasteiger partial charge in [-0.2, -0.15) is 16.9 Å². The first-order valence-corrected chi connectivity index (χ1v) is 6.62. The molecule has 0 spiro atoms. The lowest BCUT2D eigenvalue weighted by Crippen LogP contribution is -2.39. The van der Waals surface area contributed by atoms with Gasteiger partial charge in [0, 0.05) is 30.5 Å². The Bertz CT molecular complexity index is 301. The molecule has 1 heterocycles. The van der Waals surface area contributed by atoms with Gasteiger partial charge in [-0.1, -0.05) is 13.8 Å². The van der Waals surface area contributed by atoms with Crippen LogP contribution in [-0.2, 0) is 13.5 Å². The van der Waals surface area contributed by atoms with Crippen LogP contribution in [0.1, 0.15) is 26.1 Å². The lowest BCUT2D eigenvalue weighted by Gasteiger charge is -2.17. The van der Waals surface area contributed by atoms with Crippen molar-refractivity contribution in [3.8, 4) is 0 Å². The minimum atomic E-state index is 0.252. The van der Waals surface area contributed by atoms with Gasteiger partial charge in [-0.15, -0.1) is 0 Å². The molecule has 3 N–H and O–H groups in total. The molecule has 2 atom stereocenters. The Hall–Kier alpha value is -0.590. The minimum absolute atomic E-state index is 0.252. The van der Waals surface area contributed by atoms with E-state index in [-0.39, 0.29) is 6.04 Å². The topological polar surface area (TPSA) is 68.8 Å². The fourth-order valence-corrected chi connectivity index (χ4v) is 2.30. The number of nitrogens with zero attached hydrogens (tertiary/aromatic N) is 3. The lowest BCUT2D eigenvalue weighted by molar-refractivity contribution is 0.543. The van der Waals surface area contributed by atoms with E-state index < -0.39 is 0 Å². The Morgan fingerprint density at radius 2 is 2.38 bits per heavy atom. The van der Waals surface area contributed by atoms with E-state index in [2.05, 4.69) is 29.4 Å². The van der Waals surface area contributed by atoms with Crippen molar-refractivity contribution in [3.05, 3.63) is 12.2 Å². The summed E-state index contributed by atoms with van der Waals surface area (Å²) in [7, 11) is 1.90. The van der Waals surface area contributed by atoms with E-state index in [1.807, 2.05) is 18.8 Å². The highest BCUT2D eigenvalue weighted by Crippen LogP contribution is 2.15. The Labute approximate surface area is 101 Å². The summed E-state index contributed by atoms with van der Waals surface area (Å²) >= 11 is 1.94. The SMILES string of the molecule is CCC(C)SCC(Cc1ncnn1C)NN. The van der Waals surface area contributed by atoms with Crippen molar-refractivity contribution >= 4 is 11.8 Å².